The Balaban J connectivity index is 1.33. The van der Waals surface area contributed by atoms with Gasteiger partial charge in [-0.15, -0.1) is 10.2 Å². The number of methoxy groups -OCH3 is 1. The van der Waals surface area contributed by atoms with Gasteiger partial charge >= 0.3 is 0 Å². The number of nitrogens with zero attached hydrogens (tertiary/aromatic N) is 4. The van der Waals surface area contributed by atoms with Crippen LogP contribution in [0, 0.1) is 5.92 Å². The van der Waals surface area contributed by atoms with Gasteiger partial charge in [0.25, 0.3) is 5.91 Å². The van der Waals surface area contributed by atoms with Crippen LogP contribution in [0.2, 0.25) is 0 Å². The molecular formula is C35H51N7O3. The van der Waals surface area contributed by atoms with Crippen molar-refractivity contribution in [2.75, 3.05) is 24.3 Å². The third kappa shape index (κ3) is 10.9. The number of amides is 2. The van der Waals surface area contributed by atoms with Crippen molar-refractivity contribution < 1.29 is 14.3 Å². The fraction of sp³-hybridized carbons (Fsp3) is 0.571. The van der Waals surface area contributed by atoms with E-state index in [2.05, 4.69) is 38.2 Å². The molecule has 0 radical (unpaired) electrons. The van der Waals surface area contributed by atoms with Crippen molar-refractivity contribution in [2.24, 2.45) is 5.92 Å². The number of nitrogens with one attached hydrogen (secondary N) is 3. The highest BCUT2D eigenvalue weighted by Crippen LogP contribution is 2.34. The molecule has 0 spiro atoms. The highest BCUT2D eigenvalue weighted by atomic mass is 16.5. The second-order valence-electron chi connectivity index (χ2n) is 12.0. The molecule has 45 heavy (non-hydrogen) atoms. The van der Waals surface area contributed by atoms with E-state index in [0.717, 1.165) is 43.4 Å². The Morgan fingerprint density at radius 2 is 1.56 bits per heavy atom. The topological polar surface area (TPSA) is 123 Å². The standard InChI is InChI=1S/C35H51N7O3/c1-4-6-7-8-9-10-11-12-13-14-15-16-21-36-35(44)33-30(23-32(40-41-33)39-34(43)26-17-18-26)38-29-20-19-27(22-31(29)45-3)28-24-37-42(5-2)25-28/h19-20,22-26H,4-18,21H2,1-3H3,(H,36,44)(H2,38,39,40,43). The van der Waals surface area contributed by atoms with Crippen molar-refractivity contribution in [2.45, 2.75) is 110 Å². The van der Waals surface area contributed by atoms with Gasteiger partial charge in [-0.1, -0.05) is 83.6 Å². The van der Waals surface area contributed by atoms with Gasteiger partial charge in [-0.05, 0) is 43.9 Å². The van der Waals surface area contributed by atoms with Crippen LogP contribution in [0.4, 0.5) is 17.2 Å². The number of aromatic nitrogens is 4. The lowest BCUT2D eigenvalue weighted by Crippen LogP contribution is -2.27. The van der Waals surface area contributed by atoms with Crippen molar-refractivity contribution in [1.29, 1.82) is 0 Å². The fourth-order valence-electron chi connectivity index (χ4n) is 5.35. The average Bonchev–Trinajstić information content (AvgIpc) is 3.80. The van der Waals surface area contributed by atoms with E-state index in [9.17, 15) is 9.59 Å². The summed E-state index contributed by atoms with van der Waals surface area (Å²) in [6.07, 6.45) is 20.7. The largest absolute Gasteiger partial charge is 0.495 e. The first-order valence-corrected chi connectivity index (χ1v) is 17.0. The number of aryl methyl sites for hydroxylation is 1. The first-order valence-electron chi connectivity index (χ1n) is 17.0. The maximum absolute atomic E-state index is 13.3. The first kappa shape index (κ1) is 33.9. The molecule has 1 aliphatic carbocycles. The van der Waals surface area contributed by atoms with E-state index in [1.54, 1.807) is 13.2 Å². The molecule has 1 fully saturated rings. The predicted octanol–water partition coefficient (Wildman–Crippen LogP) is 7.89. The minimum Gasteiger partial charge on any atom is -0.495 e. The molecule has 4 rings (SSSR count). The normalized spacial score (nSPS) is 12.6. The summed E-state index contributed by atoms with van der Waals surface area (Å²) in [5, 5.41) is 21.9. The maximum atomic E-state index is 13.3. The Kier molecular flexibility index (Phi) is 13.7. The summed E-state index contributed by atoms with van der Waals surface area (Å²) in [6, 6.07) is 7.45. The van der Waals surface area contributed by atoms with Gasteiger partial charge < -0.3 is 20.7 Å². The molecule has 0 aliphatic heterocycles. The highest BCUT2D eigenvalue weighted by molar-refractivity contribution is 6.00. The zero-order valence-electron chi connectivity index (χ0n) is 27.4. The second kappa shape index (κ2) is 18.1. The van der Waals surface area contributed by atoms with Crippen molar-refractivity contribution in [1.82, 2.24) is 25.3 Å². The smallest absolute Gasteiger partial charge is 0.273 e. The monoisotopic (exact) mass is 617 g/mol. The lowest BCUT2D eigenvalue weighted by Gasteiger charge is -2.16. The van der Waals surface area contributed by atoms with Gasteiger partial charge in [0.2, 0.25) is 5.91 Å². The molecule has 244 valence electrons. The number of hydrogen-bond donors (Lipinski definition) is 3. The Labute approximate surface area is 268 Å². The van der Waals surface area contributed by atoms with E-state index in [-0.39, 0.29) is 23.4 Å². The summed E-state index contributed by atoms with van der Waals surface area (Å²) in [6.45, 7) is 5.66. The number of carbonyl (C=O) groups excluding carboxylic acids is 2. The summed E-state index contributed by atoms with van der Waals surface area (Å²) in [4.78, 5) is 25.7. The zero-order valence-corrected chi connectivity index (χ0v) is 27.4. The molecule has 0 unspecified atom stereocenters. The highest BCUT2D eigenvalue weighted by Gasteiger charge is 2.30. The summed E-state index contributed by atoms with van der Waals surface area (Å²) in [7, 11) is 1.61. The zero-order chi connectivity index (χ0) is 31.9. The molecule has 1 saturated carbocycles. The summed E-state index contributed by atoms with van der Waals surface area (Å²) < 4.78 is 7.58. The van der Waals surface area contributed by atoms with Crippen LogP contribution in [-0.4, -0.2) is 45.4 Å². The summed E-state index contributed by atoms with van der Waals surface area (Å²) in [5.74, 6) is 0.533. The molecule has 1 aromatic carbocycles. The van der Waals surface area contributed by atoms with Gasteiger partial charge in [0.1, 0.15) is 5.75 Å². The molecule has 2 aromatic heterocycles. The predicted molar refractivity (Wildman–Crippen MR) is 180 cm³/mol. The van der Waals surface area contributed by atoms with Crippen molar-refractivity contribution >= 4 is 29.0 Å². The Morgan fingerprint density at radius 1 is 0.867 bits per heavy atom. The quantitative estimate of drug-likeness (QED) is 0.104. The number of ether oxygens (including phenoxy) is 1. The molecule has 3 aromatic rings. The number of hydrogen-bond acceptors (Lipinski definition) is 7. The van der Waals surface area contributed by atoms with E-state index < -0.39 is 0 Å². The van der Waals surface area contributed by atoms with Crippen LogP contribution in [0.5, 0.6) is 5.75 Å². The number of anilines is 3. The van der Waals surface area contributed by atoms with Gasteiger partial charge in [-0.25, -0.2) is 0 Å². The van der Waals surface area contributed by atoms with Crippen LogP contribution < -0.4 is 20.7 Å². The van der Waals surface area contributed by atoms with Crippen molar-refractivity contribution in [3.05, 3.63) is 42.4 Å². The van der Waals surface area contributed by atoms with Gasteiger partial charge in [-0.2, -0.15) is 5.10 Å². The number of benzene rings is 1. The summed E-state index contributed by atoms with van der Waals surface area (Å²) in [5.41, 5.74) is 3.20. The van der Waals surface area contributed by atoms with Crippen molar-refractivity contribution in [3.8, 4) is 16.9 Å². The van der Waals surface area contributed by atoms with E-state index in [4.69, 9.17) is 4.74 Å². The molecule has 0 atom stereocenters. The fourth-order valence-corrected chi connectivity index (χ4v) is 5.35. The Hall–Kier alpha value is -3.95. The van der Waals surface area contributed by atoms with Crippen LogP contribution in [0.1, 0.15) is 114 Å². The molecule has 2 amide bonds. The van der Waals surface area contributed by atoms with Crippen LogP contribution >= 0.6 is 0 Å². The molecule has 1 aliphatic rings. The second-order valence-corrected chi connectivity index (χ2v) is 12.0. The van der Waals surface area contributed by atoms with Gasteiger partial charge in [0.05, 0.1) is 24.7 Å². The summed E-state index contributed by atoms with van der Waals surface area (Å²) >= 11 is 0. The third-order valence-electron chi connectivity index (χ3n) is 8.29. The van der Waals surface area contributed by atoms with Gasteiger partial charge in [0, 0.05) is 36.8 Å². The minimum absolute atomic E-state index is 0.0198. The van der Waals surface area contributed by atoms with Gasteiger partial charge in [-0.3, -0.25) is 14.3 Å². The molecule has 10 nitrogen and oxygen atoms in total. The van der Waals surface area contributed by atoms with Gasteiger partial charge in [0.15, 0.2) is 11.5 Å². The van der Waals surface area contributed by atoms with Crippen LogP contribution in [0.25, 0.3) is 11.1 Å². The maximum Gasteiger partial charge on any atom is 0.273 e. The number of carbonyl (C=O) groups is 2. The molecule has 3 N–H and O–H groups in total. The number of unbranched alkanes of at least 4 members (excludes halogenated alkanes) is 11. The molecule has 2 heterocycles. The first-order chi connectivity index (χ1) is 22.0. The van der Waals surface area contributed by atoms with Crippen LogP contribution in [0.15, 0.2) is 36.7 Å². The Morgan fingerprint density at radius 3 is 2.18 bits per heavy atom. The molecular weight excluding hydrogens is 566 g/mol. The van der Waals surface area contributed by atoms with E-state index in [1.807, 2.05) is 42.2 Å². The average molecular weight is 618 g/mol. The lowest BCUT2D eigenvalue weighted by molar-refractivity contribution is -0.117. The minimum atomic E-state index is -0.310. The van der Waals surface area contributed by atoms with E-state index >= 15 is 0 Å². The lowest BCUT2D eigenvalue weighted by atomic mass is 10.1. The van der Waals surface area contributed by atoms with Crippen LogP contribution in [-0.2, 0) is 11.3 Å². The van der Waals surface area contributed by atoms with E-state index in [1.165, 1.54) is 64.2 Å². The molecule has 0 saturated heterocycles. The Bertz CT molecular complexity index is 1370. The number of rotatable bonds is 21. The molecule has 0 bridgehead atoms. The van der Waals surface area contributed by atoms with E-state index in [0.29, 0.717) is 29.5 Å². The molecule has 10 heteroatoms. The third-order valence-corrected chi connectivity index (χ3v) is 8.29. The SMILES string of the molecule is CCCCCCCCCCCCCCNC(=O)c1nnc(NC(=O)C2CC2)cc1Nc1ccc(-c2cnn(CC)c2)cc1OC. The van der Waals surface area contributed by atoms with Crippen LogP contribution in [0.3, 0.4) is 0 Å². The van der Waals surface area contributed by atoms with Crippen molar-refractivity contribution in [3.63, 3.8) is 0 Å².